The number of aryl methyl sites for hydroxylation is 1. The number of thioether (sulfide) groups is 1. The first-order valence-electron chi connectivity index (χ1n) is 6.13. The fraction of sp³-hybridized carbons (Fsp3) is 0.267. The number of hydrogen-bond acceptors (Lipinski definition) is 3. The van der Waals surface area contributed by atoms with Crippen LogP contribution in [0.2, 0.25) is 5.15 Å². The van der Waals surface area contributed by atoms with Gasteiger partial charge in [-0.2, -0.15) is 0 Å². The van der Waals surface area contributed by atoms with Crippen LogP contribution in [-0.2, 0) is 0 Å². The lowest BCUT2D eigenvalue weighted by molar-refractivity contribution is 0.878. The Kier molecular flexibility index (Phi) is 4.72. The molecule has 1 aromatic carbocycles. The van der Waals surface area contributed by atoms with E-state index in [1.165, 1.54) is 10.5 Å². The van der Waals surface area contributed by atoms with Crippen molar-refractivity contribution in [3.63, 3.8) is 0 Å². The van der Waals surface area contributed by atoms with E-state index in [1.807, 2.05) is 13.0 Å². The third-order valence-corrected chi connectivity index (χ3v) is 4.12. The maximum absolute atomic E-state index is 6.13. The molecule has 0 amide bonds. The van der Waals surface area contributed by atoms with Crippen molar-refractivity contribution in [1.82, 2.24) is 4.98 Å². The van der Waals surface area contributed by atoms with Crippen LogP contribution < -0.4 is 5.32 Å². The molecule has 1 unspecified atom stereocenters. The number of nitrogens with zero attached hydrogens (tertiary/aromatic N) is 1. The minimum absolute atomic E-state index is 0.191. The van der Waals surface area contributed by atoms with Crippen molar-refractivity contribution >= 4 is 29.1 Å². The Balaban J connectivity index is 2.18. The second kappa shape index (κ2) is 6.31. The van der Waals surface area contributed by atoms with E-state index in [9.17, 15) is 0 Å². The lowest BCUT2D eigenvalue weighted by atomic mass is 10.1. The van der Waals surface area contributed by atoms with Crippen molar-refractivity contribution in [2.45, 2.75) is 24.8 Å². The second-order valence-electron chi connectivity index (χ2n) is 4.43. The first-order valence-corrected chi connectivity index (χ1v) is 7.73. The molecule has 100 valence electrons. The molecule has 1 atom stereocenters. The van der Waals surface area contributed by atoms with Gasteiger partial charge in [0.2, 0.25) is 0 Å². The summed E-state index contributed by atoms with van der Waals surface area (Å²) in [5, 5.41) is 3.95. The summed E-state index contributed by atoms with van der Waals surface area (Å²) in [7, 11) is 0. The average molecular weight is 293 g/mol. The number of halogens is 1. The molecule has 4 heteroatoms. The third kappa shape index (κ3) is 3.43. The molecule has 0 aliphatic carbocycles. The quantitative estimate of drug-likeness (QED) is 0.638. The summed E-state index contributed by atoms with van der Waals surface area (Å²) in [6.07, 6.45) is 3.80. The smallest absolute Gasteiger partial charge is 0.152 e. The van der Waals surface area contributed by atoms with Gasteiger partial charge in [-0.05, 0) is 49.4 Å². The molecular formula is C15H17ClN2S. The fourth-order valence-corrected chi connectivity index (χ4v) is 2.56. The van der Waals surface area contributed by atoms with Crippen LogP contribution in [0.1, 0.15) is 24.1 Å². The van der Waals surface area contributed by atoms with Crippen LogP contribution in [0.5, 0.6) is 0 Å². The molecule has 0 spiro atoms. The van der Waals surface area contributed by atoms with Crippen LogP contribution in [0.15, 0.2) is 41.4 Å². The fourth-order valence-electron chi connectivity index (χ4n) is 1.89. The number of hydrogen-bond donors (Lipinski definition) is 1. The molecule has 2 rings (SSSR count). The molecule has 0 saturated carbocycles. The third-order valence-electron chi connectivity index (χ3n) is 3.09. The van der Waals surface area contributed by atoms with E-state index in [2.05, 4.69) is 47.7 Å². The van der Waals surface area contributed by atoms with E-state index in [0.29, 0.717) is 5.15 Å². The van der Waals surface area contributed by atoms with Crippen LogP contribution in [0.4, 0.5) is 5.69 Å². The topological polar surface area (TPSA) is 24.9 Å². The van der Waals surface area contributed by atoms with Gasteiger partial charge in [-0.15, -0.1) is 11.8 Å². The van der Waals surface area contributed by atoms with Crippen molar-refractivity contribution in [2.24, 2.45) is 0 Å². The molecule has 1 heterocycles. The number of pyridine rings is 1. The maximum Gasteiger partial charge on any atom is 0.152 e. The van der Waals surface area contributed by atoms with E-state index in [4.69, 9.17) is 11.6 Å². The molecule has 0 aliphatic heterocycles. The Hall–Kier alpha value is -1.19. The first-order chi connectivity index (χ1) is 9.11. The van der Waals surface area contributed by atoms with E-state index in [0.717, 1.165) is 11.3 Å². The average Bonchev–Trinajstić information content (AvgIpc) is 2.43. The molecule has 19 heavy (non-hydrogen) atoms. The molecule has 2 nitrogen and oxygen atoms in total. The molecule has 2 aromatic rings. The summed E-state index contributed by atoms with van der Waals surface area (Å²) >= 11 is 7.88. The summed E-state index contributed by atoms with van der Waals surface area (Å²) < 4.78 is 0. The van der Waals surface area contributed by atoms with Crippen molar-refractivity contribution in [3.05, 3.63) is 52.8 Å². The minimum Gasteiger partial charge on any atom is -0.376 e. The van der Waals surface area contributed by atoms with Gasteiger partial charge in [0, 0.05) is 17.1 Å². The van der Waals surface area contributed by atoms with E-state index >= 15 is 0 Å². The summed E-state index contributed by atoms with van der Waals surface area (Å²) in [5.74, 6) is 0. The van der Waals surface area contributed by atoms with Crippen molar-refractivity contribution in [3.8, 4) is 0 Å². The first kappa shape index (κ1) is 14.2. The highest BCUT2D eigenvalue weighted by Crippen LogP contribution is 2.28. The molecule has 0 radical (unpaired) electrons. The van der Waals surface area contributed by atoms with Gasteiger partial charge in [-0.25, -0.2) is 4.98 Å². The second-order valence-corrected chi connectivity index (χ2v) is 5.67. The van der Waals surface area contributed by atoms with Crippen LogP contribution >= 0.6 is 23.4 Å². The minimum atomic E-state index is 0.191. The maximum atomic E-state index is 6.13. The zero-order valence-electron chi connectivity index (χ0n) is 11.3. The van der Waals surface area contributed by atoms with Gasteiger partial charge in [0.05, 0.1) is 5.69 Å². The molecule has 0 fully saturated rings. The number of benzene rings is 1. The molecule has 0 bridgehead atoms. The Bertz CT molecular complexity index is 534. The Morgan fingerprint density at radius 1 is 1.21 bits per heavy atom. The lowest BCUT2D eigenvalue weighted by Crippen LogP contribution is -2.08. The highest BCUT2D eigenvalue weighted by molar-refractivity contribution is 7.98. The number of rotatable bonds is 4. The van der Waals surface area contributed by atoms with Gasteiger partial charge in [-0.1, -0.05) is 23.7 Å². The highest BCUT2D eigenvalue weighted by Gasteiger charge is 2.10. The Labute approximate surface area is 123 Å². The van der Waals surface area contributed by atoms with Gasteiger partial charge >= 0.3 is 0 Å². The van der Waals surface area contributed by atoms with Crippen molar-refractivity contribution in [1.29, 1.82) is 0 Å². The molecule has 0 saturated heterocycles. The molecule has 1 N–H and O–H groups in total. The van der Waals surface area contributed by atoms with E-state index in [1.54, 1.807) is 18.0 Å². The van der Waals surface area contributed by atoms with E-state index < -0.39 is 0 Å². The van der Waals surface area contributed by atoms with Crippen LogP contribution in [0.25, 0.3) is 0 Å². The number of aromatic nitrogens is 1. The lowest BCUT2D eigenvalue weighted by Gasteiger charge is -2.18. The van der Waals surface area contributed by atoms with Crippen LogP contribution in [0.3, 0.4) is 0 Å². The van der Waals surface area contributed by atoms with Crippen molar-refractivity contribution < 1.29 is 0 Å². The molecular weight excluding hydrogens is 276 g/mol. The summed E-state index contributed by atoms with van der Waals surface area (Å²) in [4.78, 5) is 5.38. The molecule has 1 aromatic heterocycles. The van der Waals surface area contributed by atoms with Gasteiger partial charge in [0.15, 0.2) is 5.15 Å². The number of nitrogens with one attached hydrogen (secondary N) is 1. The summed E-state index contributed by atoms with van der Waals surface area (Å²) in [6.45, 7) is 4.15. The monoisotopic (exact) mass is 292 g/mol. The largest absolute Gasteiger partial charge is 0.376 e. The van der Waals surface area contributed by atoms with Gasteiger partial charge in [0.1, 0.15) is 0 Å². The van der Waals surface area contributed by atoms with Gasteiger partial charge < -0.3 is 5.32 Å². The predicted molar refractivity (Wildman–Crippen MR) is 84.2 cm³/mol. The predicted octanol–water partition coefficient (Wildman–Crippen LogP) is 4.94. The van der Waals surface area contributed by atoms with Crippen LogP contribution in [-0.4, -0.2) is 11.2 Å². The van der Waals surface area contributed by atoms with Crippen molar-refractivity contribution in [2.75, 3.05) is 11.6 Å². The zero-order chi connectivity index (χ0) is 13.8. The zero-order valence-corrected chi connectivity index (χ0v) is 12.8. The van der Waals surface area contributed by atoms with Gasteiger partial charge in [-0.3, -0.25) is 0 Å². The Morgan fingerprint density at radius 3 is 2.47 bits per heavy atom. The highest BCUT2D eigenvalue weighted by atomic mass is 35.5. The van der Waals surface area contributed by atoms with E-state index in [-0.39, 0.29) is 6.04 Å². The van der Waals surface area contributed by atoms with Crippen LogP contribution in [0, 0.1) is 6.92 Å². The van der Waals surface area contributed by atoms with Gasteiger partial charge in [0.25, 0.3) is 0 Å². The standard InChI is InChI=1S/C15H17ClN2S/c1-10-8-9-17-15(16)14(10)18-11(2)12-4-6-13(19-3)7-5-12/h4-9,11,18H,1-3H3. The summed E-state index contributed by atoms with van der Waals surface area (Å²) in [5.41, 5.74) is 3.25. The normalized spacial score (nSPS) is 12.2. The summed E-state index contributed by atoms with van der Waals surface area (Å²) in [6, 6.07) is 10.7. The number of anilines is 1. The Morgan fingerprint density at radius 2 is 1.89 bits per heavy atom. The SMILES string of the molecule is CSc1ccc(C(C)Nc2c(C)ccnc2Cl)cc1. The molecule has 0 aliphatic rings.